The third kappa shape index (κ3) is 3.48. The Morgan fingerprint density at radius 2 is 1.71 bits per heavy atom. The van der Waals surface area contributed by atoms with E-state index < -0.39 is 21.5 Å². The molecule has 2 aliphatic carbocycles. The van der Waals surface area contributed by atoms with Crippen LogP contribution < -0.4 is 10.2 Å². The molecular weight excluding hydrogens is 376 g/mol. The number of hydrogen-bond donors (Lipinski definition) is 1. The van der Waals surface area contributed by atoms with Crippen LogP contribution >= 0.6 is 0 Å². The van der Waals surface area contributed by atoms with Gasteiger partial charge in [-0.3, -0.25) is 4.79 Å². The molecule has 8 heteroatoms. The highest BCUT2D eigenvalue weighted by Crippen LogP contribution is 2.38. The maximum atomic E-state index is 12.7. The normalized spacial score (nSPS) is 15.2. The van der Waals surface area contributed by atoms with E-state index in [4.69, 9.17) is 0 Å². The Morgan fingerprint density at radius 1 is 1.07 bits per heavy atom. The van der Waals surface area contributed by atoms with Gasteiger partial charge in [-0.15, -0.1) is 5.10 Å². The van der Waals surface area contributed by atoms with Crippen LogP contribution in [0.15, 0.2) is 23.4 Å². The van der Waals surface area contributed by atoms with Gasteiger partial charge < -0.3 is 10.2 Å². The van der Waals surface area contributed by atoms with Crippen LogP contribution in [0.3, 0.4) is 0 Å². The number of anilines is 2. The molecule has 4 rings (SSSR count). The van der Waals surface area contributed by atoms with Crippen LogP contribution in [0.4, 0.5) is 11.4 Å². The van der Waals surface area contributed by atoms with Crippen molar-refractivity contribution >= 4 is 27.1 Å². The number of fused-ring (bicyclic) bond motifs is 2. The molecule has 0 aliphatic heterocycles. The molecule has 0 unspecified atom stereocenters. The number of carbonyl (C=O) groups excluding carboxylic acids is 1. The van der Waals surface area contributed by atoms with Crippen molar-refractivity contribution in [1.82, 2.24) is 10.2 Å². The van der Waals surface area contributed by atoms with E-state index in [2.05, 4.69) is 21.6 Å². The van der Waals surface area contributed by atoms with Gasteiger partial charge in [-0.05, 0) is 60.8 Å². The van der Waals surface area contributed by atoms with E-state index in [1.807, 2.05) is 0 Å². The molecule has 2 aromatic rings. The number of benzene rings is 1. The Labute approximate surface area is 165 Å². The van der Waals surface area contributed by atoms with Gasteiger partial charge in [0.15, 0.2) is 5.03 Å². The Hall–Kier alpha value is -2.48. The topological polar surface area (TPSA) is 92.3 Å². The second kappa shape index (κ2) is 7.16. The smallest absolute Gasteiger partial charge is 0.240 e. The van der Waals surface area contributed by atoms with Gasteiger partial charge in [0.05, 0.1) is 11.9 Å². The molecule has 0 bridgehead atoms. The summed E-state index contributed by atoms with van der Waals surface area (Å²) in [6.45, 7) is 0. The summed E-state index contributed by atoms with van der Waals surface area (Å²) in [7, 11) is -0.299. The van der Waals surface area contributed by atoms with Crippen LogP contribution in [-0.4, -0.2) is 44.4 Å². The van der Waals surface area contributed by atoms with Crippen molar-refractivity contribution < 1.29 is 13.2 Å². The number of hydrogen-bond acceptors (Lipinski definition) is 6. The summed E-state index contributed by atoms with van der Waals surface area (Å²) in [5, 5.41) is 10.2. The second-order valence-electron chi connectivity index (χ2n) is 7.69. The zero-order valence-corrected chi connectivity index (χ0v) is 17.0. The van der Waals surface area contributed by atoms with E-state index in [0.29, 0.717) is 5.69 Å². The quantitative estimate of drug-likeness (QED) is 0.825. The third-order valence-electron chi connectivity index (χ3n) is 5.51. The van der Waals surface area contributed by atoms with E-state index >= 15 is 0 Å². The third-order valence-corrected chi connectivity index (χ3v) is 6.99. The van der Waals surface area contributed by atoms with Crippen molar-refractivity contribution in [3.8, 4) is 0 Å². The van der Waals surface area contributed by atoms with E-state index in [1.54, 1.807) is 19.0 Å². The molecular formula is C20H24N4O3S. The summed E-state index contributed by atoms with van der Waals surface area (Å²) >= 11 is 0. The minimum Gasteiger partial charge on any atom is -0.376 e. The molecule has 2 aliphatic rings. The Morgan fingerprint density at radius 3 is 2.32 bits per heavy atom. The van der Waals surface area contributed by atoms with Gasteiger partial charge >= 0.3 is 0 Å². The van der Waals surface area contributed by atoms with E-state index in [0.717, 1.165) is 44.2 Å². The zero-order valence-electron chi connectivity index (χ0n) is 16.2. The highest BCUT2D eigenvalue weighted by Gasteiger charge is 2.27. The highest BCUT2D eigenvalue weighted by atomic mass is 32.2. The number of amides is 1. The van der Waals surface area contributed by atoms with Gasteiger partial charge in [-0.25, -0.2) is 8.42 Å². The van der Waals surface area contributed by atoms with Crippen molar-refractivity contribution in [2.75, 3.05) is 30.1 Å². The molecule has 1 N–H and O–H groups in total. The fraction of sp³-hybridized carbons (Fsp3) is 0.450. The molecule has 0 radical (unpaired) electrons. The molecule has 0 atom stereocenters. The molecule has 0 saturated carbocycles. The first kappa shape index (κ1) is 18.9. The number of aryl methyl sites for hydroxylation is 2. The van der Waals surface area contributed by atoms with E-state index in [9.17, 15) is 13.2 Å². The maximum absolute atomic E-state index is 12.7. The van der Waals surface area contributed by atoms with Crippen LogP contribution in [0.1, 0.15) is 35.1 Å². The largest absolute Gasteiger partial charge is 0.376 e. The Balaban J connectivity index is 1.58. The first-order chi connectivity index (χ1) is 13.3. The summed E-state index contributed by atoms with van der Waals surface area (Å²) in [5.41, 5.74) is 6.43. The van der Waals surface area contributed by atoms with Gasteiger partial charge in [0.25, 0.3) is 0 Å². The summed E-state index contributed by atoms with van der Waals surface area (Å²) in [5.74, 6) is -1.16. The minimum atomic E-state index is -3.88. The average molecular weight is 401 g/mol. The zero-order chi connectivity index (χ0) is 19.9. The number of rotatable bonds is 5. The molecule has 1 aromatic carbocycles. The molecule has 0 spiro atoms. The van der Waals surface area contributed by atoms with Crippen LogP contribution in [0.2, 0.25) is 0 Å². The minimum absolute atomic E-state index is 0.183. The summed E-state index contributed by atoms with van der Waals surface area (Å²) in [4.78, 5) is 14.4. The van der Waals surface area contributed by atoms with Crippen molar-refractivity contribution in [3.05, 3.63) is 40.6 Å². The number of carbonyl (C=O) groups is 1. The van der Waals surface area contributed by atoms with Crippen molar-refractivity contribution in [2.45, 2.75) is 43.6 Å². The predicted molar refractivity (Wildman–Crippen MR) is 108 cm³/mol. The maximum Gasteiger partial charge on any atom is 0.240 e. The lowest BCUT2D eigenvalue weighted by molar-refractivity contribution is -0.113. The standard InChI is InChI=1S/C20H24N4O3S/c1-24(2)15-10-19(23-21-11-15)28(26,27)12-18(25)22-20-16-7-3-5-13(16)9-14-6-4-8-17(14)20/h9-11H,3-8,12H2,1-2H3,(H,22,25). The molecule has 0 saturated heterocycles. The van der Waals surface area contributed by atoms with Gasteiger partial charge in [0.2, 0.25) is 15.7 Å². The summed E-state index contributed by atoms with van der Waals surface area (Å²) in [6.07, 6.45) is 7.55. The van der Waals surface area contributed by atoms with Crippen molar-refractivity contribution in [3.63, 3.8) is 0 Å². The van der Waals surface area contributed by atoms with Gasteiger partial charge in [0.1, 0.15) is 5.75 Å². The van der Waals surface area contributed by atoms with Gasteiger partial charge in [-0.2, -0.15) is 5.10 Å². The molecule has 0 fully saturated rings. The van der Waals surface area contributed by atoms with Crippen molar-refractivity contribution in [1.29, 1.82) is 0 Å². The molecule has 1 amide bonds. The van der Waals surface area contributed by atoms with Crippen LogP contribution in [0.5, 0.6) is 0 Å². The molecule has 1 heterocycles. The first-order valence-corrected chi connectivity index (χ1v) is 11.2. The number of sulfone groups is 1. The first-order valence-electron chi connectivity index (χ1n) is 9.54. The van der Waals surface area contributed by atoms with Crippen LogP contribution in [-0.2, 0) is 40.3 Å². The van der Waals surface area contributed by atoms with E-state index in [-0.39, 0.29) is 5.03 Å². The fourth-order valence-electron chi connectivity index (χ4n) is 4.12. The highest BCUT2D eigenvalue weighted by molar-refractivity contribution is 7.92. The predicted octanol–water partition coefficient (Wildman–Crippen LogP) is 1.93. The SMILES string of the molecule is CN(C)c1cnnc(S(=O)(=O)CC(=O)Nc2c3c(cc4c2CCC4)CCC3)c1. The number of nitrogens with zero attached hydrogens (tertiary/aromatic N) is 3. The van der Waals surface area contributed by atoms with Crippen LogP contribution in [0.25, 0.3) is 0 Å². The molecule has 28 heavy (non-hydrogen) atoms. The van der Waals surface area contributed by atoms with Crippen molar-refractivity contribution in [2.24, 2.45) is 0 Å². The molecule has 7 nitrogen and oxygen atoms in total. The Kier molecular flexibility index (Phi) is 4.82. The number of nitrogens with one attached hydrogen (secondary N) is 1. The lowest BCUT2D eigenvalue weighted by Crippen LogP contribution is -2.25. The monoisotopic (exact) mass is 400 g/mol. The van der Waals surface area contributed by atoms with Gasteiger partial charge in [-0.1, -0.05) is 6.07 Å². The molecule has 148 valence electrons. The average Bonchev–Trinajstić information content (AvgIpc) is 3.30. The van der Waals surface area contributed by atoms with E-state index in [1.165, 1.54) is 34.5 Å². The lowest BCUT2D eigenvalue weighted by Gasteiger charge is -2.16. The number of aromatic nitrogens is 2. The lowest BCUT2D eigenvalue weighted by atomic mass is 9.98. The summed E-state index contributed by atoms with van der Waals surface area (Å²) < 4.78 is 25.4. The second-order valence-corrected chi connectivity index (χ2v) is 9.62. The molecule has 1 aromatic heterocycles. The van der Waals surface area contributed by atoms with Gasteiger partial charge in [0, 0.05) is 25.8 Å². The van der Waals surface area contributed by atoms with Crippen LogP contribution in [0, 0.1) is 0 Å². The summed E-state index contributed by atoms with van der Waals surface area (Å²) in [6, 6.07) is 3.72. The fourth-order valence-corrected chi connectivity index (χ4v) is 5.16. The Bertz CT molecular complexity index is 1020.